The summed E-state index contributed by atoms with van der Waals surface area (Å²) in [5, 5.41) is 0. The number of carbonyl (C=O) groups is 1. The number of ether oxygens (including phenoxy) is 1. The first-order valence-corrected chi connectivity index (χ1v) is 7.47. The SMILES string of the molecule is Cc1ccc(C(=O)C2(c3ccccc3)CCOCC2)cc1. The standard InChI is InChI=1S/C19H20O2/c1-15-7-9-16(10-8-15)18(20)19(11-13-21-14-12-19)17-5-3-2-4-6-17/h2-10H,11-14H2,1H3. The van der Waals surface area contributed by atoms with Crippen LogP contribution in [-0.4, -0.2) is 19.0 Å². The number of hydrogen-bond donors (Lipinski definition) is 0. The van der Waals surface area contributed by atoms with Gasteiger partial charge in [-0.05, 0) is 25.3 Å². The smallest absolute Gasteiger partial charge is 0.173 e. The van der Waals surface area contributed by atoms with Gasteiger partial charge in [-0.15, -0.1) is 0 Å². The number of carbonyl (C=O) groups excluding carboxylic acids is 1. The van der Waals surface area contributed by atoms with Gasteiger partial charge in [0.05, 0.1) is 5.41 Å². The second-order valence-corrected chi connectivity index (χ2v) is 5.76. The van der Waals surface area contributed by atoms with Crippen LogP contribution in [0, 0.1) is 6.92 Å². The summed E-state index contributed by atoms with van der Waals surface area (Å²) >= 11 is 0. The molecule has 2 aromatic carbocycles. The molecule has 0 spiro atoms. The molecule has 3 rings (SSSR count). The fourth-order valence-electron chi connectivity index (χ4n) is 3.11. The highest BCUT2D eigenvalue weighted by atomic mass is 16.5. The van der Waals surface area contributed by atoms with E-state index in [1.54, 1.807) is 0 Å². The van der Waals surface area contributed by atoms with E-state index in [-0.39, 0.29) is 5.78 Å². The molecule has 0 aromatic heterocycles. The maximum Gasteiger partial charge on any atom is 0.173 e. The number of rotatable bonds is 3. The lowest BCUT2D eigenvalue weighted by Crippen LogP contribution is -2.41. The molecular weight excluding hydrogens is 260 g/mol. The molecule has 108 valence electrons. The third kappa shape index (κ3) is 2.64. The van der Waals surface area contributed by atoms with E-state index < -0.39 is 5.41 Å². The zero-order valence-corrected chi connectivity index (χ0v) is 12.3. The topological polar surface area (TPSA) is 26.3 Å². The monoisotopic (exact) mass is 280 g/mol. The summed E-state index contributed by atoms with van der Waals surface area (Å²) < 4.78 is 5.50. The highest BCUT2D eigenvalue weighted by molar-refractivity contribution is 6.04. The molecule has 0 atom stereocenters. The molecule has 1 aliphatic heterocycles. The number of ketones is 1. The van der Waals surface area contributed by atoms with Gasteiger partial charge < -0.3 is 4.74 Å². The Labute approximate surface area is 125 Å². The van der Waals surface area contributed by atoms with Gasteiger partial charge in [0.2, 0.25) is 0 Å². The third-order valence-electron chi connectivity index (χ3n) is 4.42. The number of hydrogen-bond acceptors (Lipinski definition) is 2. The minimum atomic E-state index is -0.436. The summed E-state index contributed by atoms with van der Waals surface area (Å²) in [6.07, 6.45) is 1.51. The summed E-state index contributed by atoms with van der Waals surface area (Å²) in [5.41, 5.74) is 2.65. The summed E-state index contributed by atoms with van der Waals surface area (Å²) in [4.78, 5) is 13.2. The fourth-order valence-corrected chi connectivity index (χ4v) is 3.11. The Morgan fingerprint density at radius 1 is 0.952 bits per heavy atom. The largest absolute Gasteiger partial charge is 0.381 e. The van der Waals surface area contributed by atoms with Crippen molar-refractivity contribution in [3.05, 3.63) is 71.3 Å². The molecule has 2 aromatic rings. The van der Waals surface area contributed by atoms with E-state index in [0.29, 0.717) is 13.2 Å². The second-order valence-electron chi connectivity index (χ2n) is 5.76. The van der Waals surface area contributed by atoms with Gasteiger partial charge in [-0.2, -0.15) is 0 Å². The summed E-state index contributed by atoms with van der Waals surface area (Å²) in [6.45, 7) is 3.33. The molecule has 0 radical (unpaired) electrons. The van der Waals surface area contributed by atoms with Gasteiger partial charge >= 0.3 is 0 Å². The van der Waals surface area contributed by atoms with E-state index in [1.165, 1.54) is 5.56 Å². The lowest BCUT2D eigenvalue weighted by atomic mass is 9.69. The molecule has 1 aliphatic rings. The maximum absolute atomic E-state index is 13.2. The van der Waals surface area contributed by atoms with Crippen LogP contribution >= 0.6 is 0 Å². The third-order valence-corrected chi connectivity index (χ3v) is 4.42. The van der Waals surface area contributed by atoms with Crippen molar-refractivity contribution in [1.82, 2.24) is 0 Å². The van der Waals surface area contributed by atoms with Crippen molar-refractivity contribution in [3.8, 4) is 0 Å². The number of benzene rings is 2. The van der Waals surface area contributed by atoms with Crippen molar-refractivity contribution in [2.45, 2.75) is 25.2 Å². The van der Waals surface area contributed by atoms with Crippen molar-refractivity contribution in [2.24, 2.45) is 0 Å². The zero-order chi connectivity index (χ0) is 14.7. The number of aryl methyl sites for hydroxylation is 1. The van der Waals surface area contributed by atoms with Gasteiger partial charge in [0.15, 0.2) is 5.78 Å². The van der Waals surface area contributed by atoms with Crippen LogP contribution in [0.1, 0.15) is 34.3 Å². The highest BCUT2D eigenvalue weighted by Gasteiger charge is 2.41. The lowest BCUT2D eigenvalue weighted by molar-refractivity contribution is 0.0424. The lowest BCUT2D eigenvalue weighted by Gasteiger charge is -2.36. The van der Waals surface area contributed by atoms with Gasteiger partial charge in [-0.3, -0.25) is 4.79 Å². The van der Waals surface area contributed by atoms with Crippen molar-refractivity contribution < 1.29 is 9.53 Å². The van der Waals surface area contributed by atoms with E-state index in [4.69, 9.17) is 4.74 Å². The Balaban J connectivity index is 2.03. The Kier molecular flexibility index (Phi) is 3.89. The first kappa shape index (κ1) is 14.0. The summed E-state index contributed by atoms with van der Waals surface area (Å²) in [7, 11) is 0. The van der Waals surface area contributed by atoms with E-state index in [0.717, 1.165) is 24.0 Å². The maximum atomic E-state index is 13.2. The molecule has 0 aliphatic carbocycles. The molecule has 21 heavy (non-hydrogen) atoms. The zero-order valence-electron chi connectivity index (χ0n) is 12.3. The van der Waals surface area contributed by atoms with Crippen LogP contribution in [0.25, 0.3) is 0 Å². The predicted octanol–water partition coefficient (Wildman–Crippen LogP) is 3.93. The molecule has 0 N–H and O–H groups in total. The fraction of sp³-hybridized carbons (Fsp3) is 0.316. The second kappa shape index (κ2) is 5.82. The summed E-state index contributed by atoms with van der Waals surface area (Å²) in [5.74, 6) is 0.219. The van der Waals surface area contributed by atoms with Crippen LogP contribution in [0.5, 0.6) is 0 Å². The molecule has 2 heteroatoms. The van der Waals surface area contributed by atoms with E-state index in [2.05, 4.69) is 12.1 Å². The number of Topliss-reactive ketones (excluding diaryl/α,β-unsaturated/α-hetero) is 1. The Bertz CT molecular complexity index is 608. The van der Waals surface area contributed by atoms with Crippen molar-refractivity contribution in [2.75, 3.05) is 13.2 Å². The Hall–Kier alpha value is -1.93. The molecule has 0 unspecified atom stereocenters. The van der Waals surface area contributed by atoms with Gasteiger partial charge in [0.1, 0.15) is 0 Å². The molecule has 0 saturated carbocycles. The van der Waals surface area contributed by atoms with Gasteiger partial charge in [-0.1, -0.05) is 60.2 Å². The molecule has 0 amide bonds. The molecule has 1 saturated heterocycles. The predicted molar refractivity (Wildman–Crippen MR) is 83.7 cm³/mol. The molecule has 2 nitrogen and oxygen atoms in total. The molecule has 1 heterocycles. The first-order chi connectivity index (χ1) is 10.2. The highest BCUT2D eigenvalue weighted by Crippen LogP contribution is 2.38. The average Bonchev–Trinajstić information content (AvgIpc) is 2.56. The van der Waals surface area contributed by atoms with Crippen LogP contribution in [0.4, 0.5) is 0 Å². The van der Waals surface area contributed by atoms with Crippen LogP contribution in [0.2, 0.25) is 0 Å². The van der Waals surface area contributed by atoms with Crippen molar-refractivity contribution in [3.63, 3.8) is 0 Å². The summed E-state index contributed by atoms with van der Waals surface area (Å²) in [6, 6.07) is 18.0. The van der Waals surface area contributed by atoms with Crippen LogP contribution in [0.3, 0.4) is 0 Å². The quantitative estimate of drug-likeness (QED) is 0.796. The molecular formula is C19H20O2. The van der Waals surface area contributed by atoms with Crippen molar-refractivity contribution in [1.29, 1.82) is 0 Å². The van der Waals surface area contributed by atoms with Crippen LogP contribution in [0.15, 0.2) is 54.6 Å². The van der Waals surface area contributed by atoms with Crippen LogP contribution < -0.4 is 0 Å². The van der Waals surface area contributed by atoms with E-state index >= 15 is 0 Å². The van der Waals surface area contributed by atoms with E-state index in [9.17, 15) is 4.79 Å². The average molecular weight is 280 g/mol. The first-order valence-electron chi connectivity index (χ1n) is 7.47. The van der Waals surface area contributed by atoms with E-state index in [1.807, 2.05) is 49.4 Å². The van der Waals surface area contributed by atoms with Gasteiger partial charge in [0, 0.05) is 18.8 Å². The van der Waals surface area contributed by atoms with Gasteiger partial charge in [-0.25, -0.2) is 0 Å². The Morgan fingerprint density at radius 2 is 1.57 bits per heavy atom. The normalized spacial score (nSPS) is 17.4. The van der Waals surface area contributed by atoms with Crippen LogP contribution in [-0.2, 0) is 10.2 Å². The molecule has 1 fully saturated rings. The van der Waals surface area contributed by atoms with Gasteiger partial charge in [0.25, 0.3) is 0 Å². The molecule has 0 bridgehead atoms. The van der Waals surface area contributed by atoms with Crippen molar-refractivity contribution >= 4 is 5.78 Å². The Morgan fingerprint density at radius 3 is 2.19 bits per heavy atom. The minimum Gasteiger partial charge on any atom is -0.381 e. The minimum absolute atomic E-state index is 0.219.